The zero-order chi connectivity index (χ0) is 9.68. The number of carbonyl (C=O) groups excluding carboxylic acids is 1. The average Bonchev–Trinajstić information content (AvgIpc) is 2.08. The molecule has 0 aromatic heterocycles. The number of carbonyl (C=O) groups is 2. The zero-order valence-corrected chi connectivity index (χ0v) is 7.49. The molecule has 74 valence electrons. The van der Waals surface area contributed by atoms with E-state index in [-0.39, 0.29) is 24.9 Å². The predicted octanol–water partition coefficient (Wildman–Crippen LogP) is 0.989. The number of aliphatic carboxylic acids is 1. The van der Waals surface area contributed by atoms with Crippen LogP contribution in [0.5, 0.6) is 0 Å². The van der Waals surface area contributed by atoms with Crippen molar-refractivity contribution >= 4 is 11.8 Å². The largest absolute Gasteiger partial charge is 0.481 e. The number of carboxylic acids is 1. The van der Waals surface area contributed by atoms with Crippen molar-refractivity contribution in [1.82, 2.24) is 0 Å². The van der Waals surface area contributed by atoms with Crippen LogP contribution in [0.3, 0.4) is 0 Å². The van der Waals surface area contributed by atoms with Gasteiger partial charge in [0.25, 0.3) is 0 Å². The van der Waals surface area contributed by atoms with E-state index in [4.69, 9.17) is 9.84 Å². The van der Waals surface area contributed by atoms with Gasteiger partial charge in [0.05, 0.1) is 19.1 Å². The highest BCUT2D eigenvalue weighted by Gasteiger charge is 2.18. The van der Waals surface area contributed by atoms with E-state index in [1.54, 1.807) is 0 Å². The summed E-state index contributed by atoms with van der Waals surface area (Å²) >= 11 is 0. The van der Waals surface area contributed by atoms with E-state index in [2.05, 4.69) is 0 Å². The molecule has 0 aromatic carbocycles. The molecule has 0 spiro atoms. The Balaban J connectivity index is 2.09. The van der Waals surface area contributed by atoms with Gasteiger partial charge in [-0.1, -0.05) is 0 Å². The van der Waals surface area contributed by atoms with Gasteiger partial charge in [-0.2, -0.15) is 0 Å². The van der Waals surface area contributed by atoms with Crippen molar-refractivity contribution in [3.63, 3.8) is 0 Å². The normalized spacial score (nSPS) is 18.9. The van der Waals surface area contributed by atoms with Gasteiger partial charge in [-0.25, -0.2) is 0 Å². The van der Waals surface area contributed by atoms with E-state index in [9.17, 15) is 9.59 Å². The molecule has 0 heterocycles. The summed E-state index contributed by atoms with van der Waals surface area (Å²) in [5, 5.41) is 8.35. The maximum atomic E-state index is 10.8. The number of carboxylic acid groups (broad SMARTS) is 1. The number of rotatable bonds is 4. The van der Waals surface area contributed by atoms with Crippen molar-refractivity contribution in [2.24, 2.45) is 0 Å². The third kappa shape index (κ3) is 4.03. The van der Waals surface area contributed by atoms with Crippen LogP contribution in [0.4, 0.5) is 0 Å². The molecule has 13 heavy (non-hydrogen) atoms. The van der Waals surface area contributed by atoms with E-state index in [0.29, 0.717) is 12.8 Å². The summed E-state index contributed by atoms with van der Waals surface area (Å²) in [5.74, 6) is -0.551. The molecule has 4 heteroatoms. The molecule has 0 aromatic rings. The van der Waals surface area contributed by atoms with Gasteiger partial charge in [-0.3, -0.25) is 9.59 Å². The summed E-state index contributed by atoms with van der Waals surface area (Å²) in [6, 6.07) is 0. The van der Waals surface area contributed by atoms with Crippen LogP contribution < -0.4 is 0 Å². The SMILES string of the molecule is O=C(O)CCOC1CCC(=O)CC1. The molecular weight excluding hydrogens is 172 g/mol. The van der Waals surface area contributed by atoms with Gasteiger partial charge in [0, 0.05) is 12.8 Å². The van der Waals surface area contributed by atoms with Gasteiger partial charge in [-0.05, 0) is 12.8 Å². The number of hydrogen-bond donors (Lipinski definition) is 1. The van der Waals surface area contributed by atoms with Crippen molar-refractivity contribution in [2.45, 2.75) is 38.2 Å². The van der Waals surface area contributed by atoms with Gasteiger partial charge >= 0.3 is 5.97 Å². The maximum Gasteiger partial charge on any atom is 0.305 e. The molecule has 0 atom stereocenters. The number of Topliss-reactive ketones (excluding diaryl/α,β-unsaturated/α-hetero) is 1. The summed E-state index contributed by atoms with van der Waals surface area (Å²) in [6.45, 7) is 0.258. The number of ketones is 1. The molecule has 0 amide bonds. The summed E-state index contributed by atoms with van der Waals surface area (Å²) in [6.07, 6.45) is 2.80. The maximum absolute atomic E-state index is 10.8. The lowest BCUT2D eigenvalue weighted by Gasteiger charge is -2.20. The lowest BCUT2D eigenvalue weighted by atomic mass is 9.96. The van der Waals surface area contributed by atoms with Crippen molar-refractivity contribution in [2.75, 3.05) is 6.61 Å². The highest BCUT2D eigenvalue weighted by molar-refractivity contribution is 5.79. The van der Waals surface area contributed by atoms with Gasteiger partial charge in [0.15, 0.2) is 0 Å². The lowest BCUT2D eigenvalue weighted by molar-refractivity contribution is -0.139. The molecule has 0 saturated heterocycles. The second kappa shape index (κ2) is 4.97. The minimum atomic E-state index is -0.841. The molecule has 0 radical (unpaired) electrons. The predicted molar refractivity (Wildman–Crippen MR) is 45.5 cm³/mol. The first-order valence-corrected chi connectivity index (χ1v) is 4.53. The first-order chi connectivity index (χ1) is 6.18. The highest BCUT2D eigenvalue weighted by atomic mass is 16.5. The molecular formula is C9H14O4. The lowest BCUT2D eigenvalue weighted by Crippen LogP contribution is -2.22. The molecule has 1 fully saturated rings. The zero-order valence-electron chi connectivity index (χ0n) is 7.49. The fraction of sp³-hybridized carbons (Fsp3) is 0.778. The Morgan fingerprint density at radius 2 is 2.08 bits per heavy atom. The van der Waals surface area contributed by atoms with Crippen LogP contribution in [-0.4, -0.2) is 29.6 Å². The quantitative estimate of drug-likeness (QED) is 0.711. The van der Waals surface area contributed by atoms with E-state index < -0.39 is 5.97 Å². The molecule has 1 aliphatic carbocycles. The number of hydrogen-bond acceptors (Lipinski definition) is 3. The average molecular weight is 186 g/mol. The fourth-order valence-corrected chi connectivity index (χ4v) is 1.39. The smallest absolute Gasteiger partial charge is 0.305 e. The molecule has 0 unspecified atom stereocenters. The van der Waals surface area contributed by atoms with E-state index >= 15 is 0 Å². The molecule has 0 bridgehead atoms. The Labute approximate surface area is 76.9 Å². The van der Waals surface area contributed by atoms with Gasteiger partial charge in [0.1, 0.15) is 5.78 Å². The van der Waals surface area contributed by atoms with Gasteiger partial charge < -0.3 is 9.84 Å². The Kier molecular flexibility index (Phi) is 3.89. The first-order valence-electron chi connectivity index (χ1n) is 4.53. The molecule has 1 aliphatic rings. The Morgan fingerprint density at radius 3 is 2.62 bits per heavy atom. The Hall–Kier alpha value is -0.900. The monoisotopic (exact) mass is 186 g/mol. The van der Waals surface area contributed by atoms with Gasteiger partial charge in [-0.15, -0.1) is 0 Å². The van der Waals surface area contributed by atoms with Crippen LogP contribution in [0.15, 0.2) is 0 Å². The van der Waals surface area contributed by atoms with Crippen molar-refractivity contribution < 1.29 is 19.4 Å². The van der Waals surface area contributed by atoms with Crippen LogP contribution in [-0.2, 0) is 14.3 Å². The van der Waals surface area contributed by atoms with Crippen LogP contribution >= 0.6 is 0 Å². The van der Waals surface area contributed by atoms with Crippen LogP contribution in [0.25, 0.3) is 0 Å². The Morgan fingerprint density at radius 1 is 1.46 bits per heavy atom. The molecule has 1 saturated carbocycles. The van der Waals surface area contributed by atoms with Crippen LogP contribution in [0.1, 0.15) is 32.1 Å². The summed E-state index contributed by atoms with van der Waals surface area (Å²) < 4.78 is 5.31. The standard InChI is InChI=1S/C9H14O4/c10-7-1-3-8(4-2-7)13-6-5-9(11)12/h8H,1-6H2,(H,11,12). The van der Waals surface area contributed by atoms with Crippen LogP contribution in [0, 0.1) is 0 Å². The van der Waals surface area contributed by atoms with E-state index in [1.807, 2.05) is 0 Å². The highest BCUT2D eigenvalue weighted by Crippen LogP contribution is 2.17. The molecule has 1 rings (SSSR count). The van der Waals surface area contributed by atoms with Gasteiger partial charge in [0.2, 0.25) is 0 Å². The minimum Gasteiger partial charge on any atom is -0.481 e. The van der Waals surface area contributed by atoms with Crippen molar-refractivity contribution in [3.8, 4) is 0 Å². The second-order valence-corrected chi connectivity index (χ2v) is 3.25. The number of ether oxygens (including phenoxy) is 1. The Bertz CT molecular complexity index is 190. The third-order valence-corrected chi connectivity index (χ3v) is 2.16. The fourth-order valence-electron chi connectivity index (χ4n) is 1.39. The minimum absolute atomic E-state index is 0.0461. The van der Waals surface area contributed by atoms with Crippen LogP contribution in [0.2, 0.25) is 0 Å². The molecule has 0 aliphatic heterocycles. The van der Waals surface area contributed by atoms with E-state index in [1.165, 1.54) is 0 Å². The third-order valence-electron chi connectivity index (χ3n) is 2.16. The topological polar surface area (TPSA) is 63.6 Å². The first kappa shape index (κ1) is 10.2. The molecule has 1 N–H and O–H groups in total. The summed E-state index contributed by atoms with van der Waals surface area (Å²) in [4.78, 5) is 21.0. The van der Waals surface area contributed by atoms with Crippen molar-refractivity contribution in [1.29, 1.82) is 0 Å². The van der Waals surface area contributed by atoms with Crippen molar-refractivity contribution in [3.05, 3.63) is 0 Å². The summed E-state index contributed by atoms with van der Waals surface area (Å²) in [7, 11) is 0. The molecule has 4 nitrogen and oxygen atoms in total. The summed E-state index contributed by atoms with van der Waals surface area (Å²) in [5.41, 5.74) is 0. The van der Waals surface area contributed by atoms with E-state index in [0.717, 1.165) is 12.8 Å². The second-order valence-electron chi connectivity index (χ2n) is 3.25.